The fraction of sp³-hybridized carbons (Fsp3) is 0.867. The summed E-state index contributed by atoms with van der Waals surface area (Å²) in [5, 5.41) is 31.0. The Kier molecular flexibility index (Phi) is 2.38. The number of allylic oxidation sites excluding steroid dienone is 1. The molecule has 0 saturated heterocycles. The molecule has 3 heteroatoms. The smallest absolute Gasteiger partial charge is 0.0936 e. The van der Waals surface area contributed by atoms with Gasteiger partial charge in [0.15, 0.2) is 0 Å². The van der Waals surface area contributed by atoms with Crippen LogP contribution in [0.5, 0.6) is 0 Å². The molecule has 0 aromatic carbocycles. The largest absolute Gasteiger partial charge is 0.392 e. The Bertz CT molecular complexity index is 414. The minimum Gasteiger partial charge on any atom is -0.392 e. The highest BCUT2D eigenvalue weighted by Gasteiger charge is 2.68. The Morgan fingerprint density at radius 1 is 1.28 bits per heavy atom. The van der Waals surface area contributed by atoms with Crippen molar-refractivity contribution in [3.63, 3.8) is 0 Å². The average Bonchev–Trinajstić information content (AvgIpc) is 2.53. The van der Waals surface area contributed by atoms with E-state index in [2.05, 4.69) is 20.8 Å². The van der Waals surface area contributed by atoms with E-state index >= 15 is 0 Å². The summed E-state index contributed by atoms with van der Waals surface area (Å²) in [6, 6.07) is 0. The first kappa shape index (κ1) is 12.6. The summed E-state index contributed by atoms with van der Waals surface area (Å²) in [6.45, 7) is 6.22. The van der Waals surface area contributed by atoms with Crippen molar-refractivity contribution in [2.75, 3.05) is 6.61 Å². The third-order valence-corrected chi connectivity index (χ3v) is 6.17. The van der Waals surface area contributed by atoms with Gasteiger partial charge >= 0.3 is 0 Å². The van der Waals surface area contributed by atoms with Gasteiger partial charge in [0, 0.05) is 11.3 Å². The summed E-state index contributed by atoms with van der Waals surface area (Å²) in [5.74, 6) is 0.421. The van der Waals surface area contributed by atoms with Crippen molar-refractivity contribution in [3.8, 4) is 0 Å². The van der Waals surface area contributed by atoms with E-state index in [0.29, 0.717) is 12.3 Å². The van der Waals surface area contributed by atoms with Crippen LogP contribution in [0.2, 0.25) is 0 Å². The molecule has 3 aliphatic carbocycles. The van der Waals surface area contributed by atoms with E-state index < -0.39 is 5.60 Å². The molecule has 18 heavy (non-hydrogen) atoms. The van der Waals surface area contributed by atoms with Crippen LogP contribution in [0.3, 0.4) is 0 Å². The first-order valence-corrected chi connectivity index (χ1v) is 6.99. The maximum absolute atomic E-state index is 10.8. The minimum atomic E-state index is -0.885. The molecule has 2 unspecified atom stereocenters. The first-order valence-electron chi connectivity index (χ1n) is 6.99. The van der Waals surface area contributed by atoms with Crippen LogP contribution in [0.25, 0.3) is 0 Å². The highest BCUT2D eigenvalue weighted by Crippen LogP contribution is 2.67. The molecule has 0 radical (unpaired) electrons. The molecular formula is C15H24O3. The third kappa shape index (κ3) is 1.21. The van der Waals surface area contributed by atoms with E-state index in [1.165, 1.54) is 0 Å². The molecule has 3 nitrogen and oxygen atoms in total. The Labute approximate surface area is 109 Å². The summed E-state index contributed by atoms with van der Waals surface area (Å²) >= 11 is 0. The van der Waals surface area contributed by atoms with Crippen molar-refractivity contribution in [2.45, 2.75) is 51.7 Å². The molecule has 2 saturated carbocycles. The highest BCUT2D eigenvalue weighted by atomic mass is 16.3. The second kappa shape index (κ2) is 3.38. The molecular weight excluding hydrogens is 228 g/mol. The summed E-state index contributed by atoms with van der Waals surface area (Å²) in [6.07, 6.45) is 4.27. The van der Waals surface area contributed by atoms with E-state index in [0.717, 1.165) is 18.4 Å². The lowest BCUT2D eigenvalue weighted by atomic mass is 9.45. The van der Waals surface area contributed by atoms with E-state index in [9.17, 15) is 15.3 Å². The predicted octanol–water partition coefficient (Wildman–Crippen LogP) is 1.47. The normalized spacial score (nSPS) is 53.2. The molecule has 2 fully saturated rings. The lowest BCUT2D eigenvalue weighted by Crippen LogP contribution is -2.65. The van der Waals surface area contributed by atoms with Crippen LogP contribution < -0.4 is 0 Å². The predicted molar refractivity (Wildman–Crippen MR) is 68.8 cm³/mol. The van der Waals surface area contributed by atoms with Gasteiger partial charge in [0.1, 0.15) is 0 Å². The van der Waals surface area contributed by atoms with Gasteiger partial charge in [-0.3, -0.25) is 0 Å². The van der Waals surface area contributed by atoms with Gasteiger partial charge in [-0.15, -0.1) is 0 Å². The Balaban J connectivity index is 2.08. The Morgan fingerprint density at radius 2 is 1.94 bits per heavy atom. The fourth-order valence-corrected chi connectivity index (χ4v) is 4.86. The minimum absolute atomic E-state index is 0.0637. The number of fused-ring (bicyclic) bond motifs is 3. The highest BCUT2D eigenvalue weighted by molar-refractivity contribution is 5.35. The summed E-state index contributed by atoms with van der Waals surface area (Å²) in [4.78, 5) is 0. The van der Waals surface area contributed by atoms with Gasteiger partial charge in [-0.1, -0.05) is 26.8 Å². The fourth-order valence-electron chi connectivity index (χ4n) is 4.86. The van der Waals surface area contributed by atoms with Crippen molar-refractivity contribution in [1.29, 1.82) is 0 Å². The third-order valence-electron chi connectivity index (χ3n) is 6.17. The molecule has 3 rings (SSSR count). The molecule has 0 aromatic heterocycles. The SMILES string of the molecule is CC1(C)CC2C=C(CO)[C@]3(O)CC[C@]3(C)C2[C@H]1O. The van der Waals surface area contributed by atoms with Gasteiger partial charge in [0.25, 0.3) is 0 Å². The van der Waals surface area contributed by atoms with Gasteiger partial charge in [0.05, 0.1) is 18.3 Å². The Morgan fingerprint density at radius 3 is 2.44 bits per heavy atom. The summed E-state index contributed by atoms with van der Waals surface area (Å²) in [7, 11) is 0. The van der Waals surface area contributed by atoms with Crippen LogP contribution in [0.1, 0.15) is 40.0 Å². The van der Waals surface area contributed by atoms with Crippen molar-refractivity contribution in [2.24, 2.45) is 22.7 Å². The van der Waals surface area contributed by atoms with Crippen molar-refractivity contribution in [3.05, 3.63) is 11.6 Å². The van der Waals surface area contributed by atoms with Gasteiger partial charge < -0.3 is 15.3 Å². The summed E-state index contributed by atoms with van der Waals surface area (Å²) < 4.78 is 0. The molecule has 0 aliphatic heterocycles. The zero-order valence-electron chi connectivity index (χ0n) is 11.5. The van der Waals surface area contributed by atoms with Gasteiger partial charge in [-0.05, 0) is 36.2 Å². The van der Waals surface area contributed by atoms with Crippen molar-refractivity contribution < 1.29 is 15.3 Å². The van der Waals surface area contributed by atoms with Crippen LogP contribution in [0, 0.1) is 22.7 Å². The monoisotopic (exact) mass is 252 g/mol. The molecule has 3 N–H and O–H groups in total. The number of rotatable bonds is 1. The van der Waals surface area contributed by atoms with Crippen LogP contribution in [0.4, 0.5) is 0 Å². The molecule has 0 bridgehead atoms. The maximum Gasteiger partial charge on any atom is 0.0936 e. The average molecular weight is 252 g/mol. The number of aliphatic hydroxyl groups is 3. The van der Waals surface area contributed by atoms with Crippen LogP contribution in [-0.4, -0.2) is 33.6 Å². The molecule has 3 aliphatic rings. The molecule has 102 valence electrons. The second-order valence-corrected chi connectivity index (χ2v) is 7.45. The van der Waals surface area contributed by atoms with Gasteiger partial charge in [-0.2, -0.15) is 0 Å². The second-order valence-electron chi connectivity index (χ2n) is 7.45. The van der Waals surface area contributed by atoms with Crippen molar-refractivity contribution in [1.82, 2.24) is 0 Å². The molecule has 0 spiro atoms. The van der Waals surface area contributed by atoms with Crippen LogP contribution >= 0.6 is 0 Å². The quantitative estimate of drug-likeness (QED) is 0.619. The number of aliphatic hydroxyl groups excluding tert-OH is 2. The molecule has 0 aromatic rings. The summed E-state index contributed by atoms with van der Waals surface area (Å²) in [5.41, 5.74) is -0.472. The van der Waals surface area contributed by atoms with Crippen molar-refractivity contribution >= 4 is 0 Å². The molecule has 0 amide bonds. The van der Waals surface area contributed by atoms with Gasteiger partial charge in [-0.25, -0.2) is 0 Å². The number of hydrogen-bond donors (Lipinski definition) is 3. The van der Waals surface area contributed by atoms with E-state index in [4.69, 9.17) is 0 Å². The van der Waals surface area contributed by atoms with Gasteiger partial charge in [0.2, 0.25) is 0 Å². The van der Waals surface area contributed by atoms with E-state index in [1.54, 1.807) is 0 Å². The number of hydrogen-bond acceptors (Lipinski definition) is 3. The lowest BCUT2D eigenvalue weighted by Gasteiger charge is -2.62. The zero-order chi connectivity index (χ0) is 13.3. The first-order chi connectivity index (χ1) is 8.26. The Hall–Kier alpha value is -0.380. The van der Waals surface area contributed by atoms with Crippen LogP contribution in [0.15, 0.2) is 11.6 Å². The maximum atomic E-state index is 10.8. The van der Waals surface area contributed by atoms with E-state index in [1.807, 2.05) is 6.08 Å². The topological polar surface area (TPSA) is 60.7 Å². The lowest BCUT2D eigenvalue weighted by molar-refractivity contribution is -0.196. The molecule has 0 heterocycles. The zero-order valence-corrected chi connectivity index (χ0v) is 11.5. The molecule has 5 atom stereocenters. The van der Waals surface area contributed by atoms with E-state index in [-0.39, 0.29) is 29.5 Å². The van der Waals surface area contributed by atoms with Crippen LogP contribution in [-0.2, 0) is 0 Å². The standard InChI is InChI=1S/C15H24O3/c1-13(2)7-9-6-10(8-16)15(18)5-4-14(15,3)11(9)12(13)17/h6,9,11-12,16-18H,4-5,7-8H2,1-3H3/t9?,11?,12-,14-,15-/m1/s1.